The highest BCUT2D eigenvalue weighted by atomic mass is 16.4. The summed E-state index contributed by atoms with van der Waals surface area (Å²) in [5.41, 5.74) is 0. The van der Waals surface area contributed by atoms with Crippen LogP contribution in [0.15, 0.2) is 10.6 Å². The lowest BCUT2D eigenvalue weighted by Gasteiger charge is -2.04. The van der Waals surface area contributed by atoms with Crippen LogP contribution in [0.3, 0.4) is 0 Å². The van der Waals surface area contributed by atoms with E-state index in [4.69, 9.17) is 4.42 Å². The van der Waals surface area contributed by atoms with Gasteiger partial charge in [0.15, 0.2) is 5.89 Å². The van der Waals surface area contributed by atoms with Gasteiger partial charge in [0.25, 0.3) is 0 Å². The fraction of sp³-hybridized carbons (Fsp3) is 0.667. The van der Waals surface area contributed by atoms with Gasteiger partial charge in [0.1, 0.15) is 5.76 Å². The van der Waals surface area contributed by atoms with Crippen LogP contribution in [0.4, 0.5) is 0 Å². The summed E-state index contributed by atoms with van der Waals surface area (Å²) in [6.45, 7) is 8.00. The van der Waals surface area contributed by atoms with Gasteiger partial charge in [-0.1, -0.05) is 13.8 Å². The van der Waals surface area contributed by atoms with Crippen molar-refractivity contribution in [3.05, 3.63) is 17.8 Å². The molecule has 0 amide bonds. The Morgan fingerprint density at radius 1 is 1.58 bits per heavy atom. The van der Waals surface area contributed by atoms with Gasteiger partial charge in [-0.3, -0.25) is 0 Å². The van der Waals surface area contributed by atoms with Crippen LogP contribution in [0.5, 0.6) is 0 Å². The topological polar surface area (TPSA) is 38.1 Å². The van der Waals surface area contributed by atoms with Crippen molar-refractivity contribution in [1.29, 1.82) is 0 Å². The van der Waals surface area contributed by atoms with Crippen LogP contribution in [0.25, 0.3) is 0 Å². The monoisotopic (exact) mass is 168 g/mol. The van der Waals surface area contributed by atoms with E-state index in [2.05, 4.69) is 24.1 Å². The molecule has 0 aliphatic heterocycles. The Bertz CT molecular complexity index is 230. The van der Waals surface area contributed by atoms with E-state index in [1.165, 1.54) is 0 Å². The second-order valence-electron chi connectivity index (χ2n) is 3.37. The van der Waals surface area contributed by atoms with Crippen molar-refractivity contribution in [3.63, 3.8) is 0 Å². The number of oxazole rings is 1. The lowest BCUT2D eigenvalue weighted by atomic mass is 10.2. The van der Waals surface area contributed by atoms with Gasteiger partial charge in [-0.2, -0.15) is 0 Å². The highest BCUT2D eigenvalue weighted by molar-refractivity contribution is 4.91. The second-order valence-corrected chi connectivity index (χ2v) is 3.37. The molecule has 0 aromatic carbocycles. The van der Waals surface area contributed by atoms with Crippen molar-refractivity contribution in [2.45, 2.75) is 27.3 Å². The molecule has 3 heteroatoms. The van der Waals surface area contributed by atoms with E-state index in [1.807, 2.05) is 6.92 Å². The number of hydrogen-bond acceptors (Lipinski definition) is 3. The molecular weight excluding hydrogens is 152 g/mol. The van der Waals surface area contributed by atoms with Crippen molar-refractivity contribution in [2.75, 3.05) is 6.54 Å². The minimum atomic E-state index is 0.675. The zero-order valence-corrected chi connectivity index (χ0v) is 7.92. The SMILES string of the molecule is Cc1ncc(CNCC(C)C)o1. The summed E-state index contributed by atoms with van der Waals surface area (Å²) in [6.07, 6.45) is 1.77. The van der Waals surface area contributed by atoms with Gasteiger partial charge >= 0.3 is 0 Å². The molecule has 1 N–H and O–H groups in total. The first kappa shape index (κ1) is 9.26. The van der Waals surface area contributed by atoms with Crippen LogP contribution in [0.2, 0.25) is 0 Å². The molecule has 0 fully saturated rings. The van der Waals surface area contributed by atoms with E-state index in [0.717, 1.165) is 24.7 Å². The van der Waals surface area contributed by atoms with E-state index in [0.29, 0.717) is 5.92 Å². The number of rotatable bonds is 4. The third-order valence-corrected chi connectivity index (χ3v) is 1.52. The summed E-state index contributed by atoms with van der Waals surface area (Å²) in [6, 6.07) is 0. The summed E-state index contributed by atoms with van der Waals surface area (Å²) in [5, 5.41) is 3.28. The molecule has 1 rings (SSSR count). The quantitative estimate of drug-likeness (QED) is 0.744. The maximum Gasteiger partial charge on any atom is 0.191 e. The van der Waals surface area contributed by atoms with Crippen molar-refractivity contribution >= 4 is 0 Å². The van der Waals surface area contributed by atoms with Crippen LogP contribution in [-0.2, 0) is 6.54 Å². The highest BCUT2D eigenvalue weighted by Gasteiger charge is 1.99. The van der Waals surface area contributed by atoms with Crippen molar-refractivity contribution in [3.8, 4) is 0 Å². The molecule has 1 aromatic heterocycles. The molecule has 1 aromatic rings. The Balaban J connectivity index is 2.24. The molecular formula is C9H16N2O. The molecule has 0 unspecified atom stereocenters. The standard InChI is InChI=1S/C9H16N2O/c1-7(2)4-10-5-9-6-11-8(3)12-9/h6-7,10H,4-5H2,1-3H3. The van der Waals surface area contributed by atoms with Gasteiger partial charge in [0, 0.05) is 6.92 Å². The summed E-state index contributed by atoms with van der Waals surface area (Å²) in [7, 11) is 0. The first-order chi connectivity index (χ1) is 5.68. The Morgan fingerprint density at radius 2 is 2.33 bits per heavy atom. The fourth-order valence-electron chi connectivity index (χ4n) is 0.971. The van der Waals surface area contributed by atoms with Crippen molar-refractivity contribution in [1.82, 2.24) is 10.3 Å². The Labute approximate surface area is 73.2 Å². The third-order valence-electron chi connectivity index (χ3n) is 1.52. The molecule has 12 heavy (non-hydrogen) atoms. The molecule has 1 heterocycles. The maximum absolute atomic E-state index is 5.29. The summed E-state index contributed by atoms with van der Waals surface area (Å²) < 4.78 is 5.29. The average molecular weight is 168 g/mol. The minimum absolute atomic E-state index is 0.675. The molecule has 3 nitrogen and oxygen atoms in total. The maximum atomic E-state index is 5.29. The second kappa shape index (κ2) is 4.26. The van der Waals surface area contributed by atoms with Crippen LogP contribution in [0, 0.1) is 12.8 Å². The summed E-state index contributed by atoms with van der Waals surface area (Å²) in [4.78, 5) is 4.01. The average Bonchev–Trinajstić information content (AvgIpc) is 2.35. The van der Waals surface area contributed by atoms with Gasteiger partial charge in [-0.15, -0.1) is 0 Å². The first-order valence-electron chi connectivity index (χ1n) is 4.30. The van der Waals surface area contributed by atoms with E-state index in [9.17, 15) is 0 Å². The van der Waals surface area contributed by atoms with Gasteiger partial charge in [-0.25, -0.2) is 4.98 Å². The number of nitrogens with zero attached hydrogens (tertiary/aromatic N) is 1. The van der Waals surface area contributed by atoms with Gasteiger partial charge in [0.2, 0.25) is 0 Å². The zero-order chi connectivity index (χ0) is 8.97. The summed E-state index contributed by atoms with van der Waals surface area (Å²) in [5.74, 6) is 2.32. The van der Waals surface area contributed by atoms with Crippen molar-refractivity contribution in [2.24, 2.45) is 5.92 Å². The molecule has 0 saturated heterocycles. The summed E-state index contributed by atoms with van der Waals surface area (Å²) >= 11 is 0. The van der Waals surface area contributed by atoms with Crippen LogP contribution in [-0.4, -0.2) is 11.5 Å². The van der Waals surface area contributed by atoms with Crippen LogP contribution < -0.4 is 5.32 Å². The number of nitrogens with one attached hydrogen (secondary N) is 1. The number of hydrogen-bond donors (Lipinski definition) is 1. The highest BCUT2D eigenvalue weighted by Crippen LogP contribution is 2.01. The van der Waals surface area contributed by atoms with E-state index < -0.39 is 0 Å². The first-order valence-corrected chi connectivity index (χ1v) is 4.30. The van der Waals surface area contributed by atoms with E-state index >= 15 is 0 Å². The van der Waals surface area contributed by atoms with Crippen LogP contribution in [0.1, 0.15) is 25.5 Å². The van der Waals surface area contributed by atoms with E-state index in [-0.39, 0.29) is 0 Å². The Morgan fingerprint density at radius 3 is 2.83 bits per heavy atom. The number of aryl methyl sites for hydroxylation is 1. The molecule has 0 aliphatic carbocycles. The third kappa shape index (κ3) is 3.05. The smallest absolute Gasteiger partial charge is 0.191 e. The molecule has 0 spiro atoms. The molecule has 0 radical (unpaired) electrons. The Hall–Kier alpha value is -0.830. The largest absolute Gasteiger partial charge is 0.445 e. The lowest BCUT2D eigenvalue weighted by molar-refractivity contribution is 0.443. The lowest BCUT2D eigenvalue weighted by Crippen LogP contribution is -2.18. The zero-order valence-electron chi connectivity index (χ0n) is 7.92. The molecule has 0 atom stereocenters. The minimum Gasteiger partial charge on any atom is -0.445 e. The predicted molar refractivity (Wildman–Crippen MR) is 47.8 cm³/mol. The van der Waals surface area contributed by atoms with Gasteiger partial charge in [-0.05, 0) is 12.5 Å². The predicted octanol–water partition coefficient (Wildman–Crippen LogP) is 1.73. The molecule has 0 bridgehead atoms. The fourth-order valence-corrected chi connectivity index (χ4v) is 0.971. The molecule has 0 saturated carbocycles. The van der Waals surface area contributed by atoms with Gasteiger partial charge in [0.05, 0.1) is 12.7 Å². The van der Waals surface area contributed by atoms with Crippen LogP contribution >= 0.6 is 0 Å². The normalized spacial score (nSPS) is 11.0. The molecule has 68 valence electrons. The molecule has 0 aliphatic rings. The number of aromatic nitrogens is 1. The van der Waals surface area contributed by atoms with E-state index in [1.54, 1.807) is 6.20 Å². The van der Waals surface area contributed by atoms with Gasteiger partial charge < -0.3 is 9.73 Å². The van der Waals surface area contributed by atoms with Crippen molar-refractivity contribution < 1.29 is 4.42 Å². The Kier molecular flexibility index (Phi) is 3.29.